The zero-order valence-electron chi connectivity index (χ0n) is 12.2. The summed E-state index contributed by atoms with van der Waals surface area (Å²) < 4.78 is 1.19. The molecule has 0 aliphatic heterocycles. The van der Waals surface area contributed by atoms with Crippen molar-refractivity contribution in [3.63, 3.8) is 0 Å². The number of hydrogen-bond donors (Lipinski definition) is 2. The number of carbonyl (C=O) groups is 1. The summed E-state index contributed by atoms with van der Waals surface area (Å²) >= 11 is 1.68. The van der Waals surface area contributed by atoms with Crippen molar-refractivity contribution >= 4 is 33.2 Å². The molecule has 1 heterocycles. The van der Waals surface area contributed by atoms with Gasteiger partial charge in [-0.05, 0) is 48.9 Å². The Hall–Kier alpha value is -2.40. The van der Waals surface area contributed by atoms with E-state index in [1.54, 1.807) is 11.3 Å². The van der Waals surface area contributed by atoms with Gasteiger partial charge in [0.05, 0.1) is 16.6 Å². The maximum atomic E-state index is 10.5. The predicted molar refractivity (Wildman–Crippen MR) is 90.5 cm³/mol. The summed E-state index contributed by atoms with van der Waals surface area (Å²) in [5.41, 5.74) is 4.25. The molecule has 0 aliphatic carbocycles. The van der Waals surface area contributed by atoms with Crippen molar-refractivity contribution in [2.75, 3.05) is 11.9 Å². The number of carboxylic acid groups (broad SMARTS) is 1. The number of nitrogens with one attached hydrogen (secondary N) is 1. The molecule has 0 saturated carbocycles. The molecule has 0 amide bonds. The van der Waals surface area contributed by atoms with E-state index in [-0.39, 0.29) is 6.42 Å². The summed E-state index contributed by atoms with van der Waals surface area (Å²) in [6, 6.07) is 14.2. The fraction of sp³-hybridized carbons (Fsp3) is 0.176. The second-order valence-electron chi connectivity index (χ2n) is 5.14. The first-order chi connectivity index (χ1) is 10.6. The van der Waals surface area contributed by atoms with Gasteiger partial charge in [-0.1, -0.05) is 6.07 Å². The minimum atomic E-state index is -0.797. The van der Waals surface area contributed by atoms with Crippen molar-refractivity contribution in [3.05, 3.63) is 48.0 Å². The van der Waals surface area contributed by atoms with Crippen molar-refractivity contribution < 1.29 is 9.90 Å². The SMILES string of the molecule is Cc1ccc2nc(-c3ccc(NCCC(=O)O)cc3)sc2c1. The van der Waals surface area contributed by atoms with Crippen molar-refractivity contribution in [2.45, 2.75) is 13.3 Å². The number of nitrogens with zero attached hydrogens (tertiary/aromatic N) is 1. The fourth-order valence-electron chi connectivity index (χ4n) is 2.20. The highest BCUT2D eigenvalue weighted by molar-refractivity contribution is 7.21. The summed E-state index contributed by atoms with van der Waals surface area (Å²) in [4.78, 5) is 15.2. The van der Waals surface area contributed by atoms with Gasteiger partial charge in [-0.2, -0.15) is 0 Å². The summed E-state index contributed by atoms with van der Waals surface area (Å²) in [5, 5.41) is 12.7. The number of hydrogen-bond acceptors (Lipinski definition) is 4. The molecule has 2 N–H and O–H groups in total. The molecule has 2 aromatic carbocycles. The normalized spacial score (nSPS) is 10.8. The topological polar surface area (TPSA) is 62.2 Å². The van der Waals surface area contributed by atoms with E-state index >= 15 is 0 Å². The van der Waals surface area contributed by atoms with Gasteiger partial charge in [0.15, 0.2) is 0 Å². The number of rotatable bonds is 5. The first-order valence-electron chi connectivity index (χ1n) is 7.05. The average molecular weight is 312 g/mol. The van der Waals surface area contributed by atoms with Crippen LogP contribution in [-0.4, -0.2) is 22.6 Å². The molecule has 0 fully saturated rings. The van der Waals surface area contributed by atoms with Crippen molar-refractivity contribution in [2.24, 2.45) is 0 Å². The van der Waals surface area contributed by atoms with Crippen LogP contribution in [0.5, 0.6) is 0 Å². The van der Waals surface area contributed by atoms with Gasteiger partial charge in [-0.15, -0.1) is 11.3 Å². The Balaban J connectivity index is 1.77. The third-order valence-corrected chi connectivity index (χ3v) is 4.41. The van der Waals surface area contributed by atoms with E-state index in [0.717, 1.165) is 21.8 Å². The van der Waals surface area contributed by atoms with Gasteiger partial charge in [0.2, 0.25) is 0 Å². The Kier molecular flexibility index (Phi) is 4.06. The van der Waals surface area contributed by atoms with Gasteiger partial charge in [-0.25, -0.2) is 4.98 Å². The Bertz CT molecular complexity index is 809. The molecule has 0 spiro atoms. The molecule has 0 bridgehead atoms. The molecule has 112 valence electrons. The number of fused-ring (bicyclic) bond motifs is 1. The summed E-state index contributed by atoms with van der Waals surface area (Å²) in [6.45, 7) is 2.51. The number of aryl methyl sites for hydroxylation is 1. The molecular weight excluding hydrogens is 296 g/mol. The number of anilines is 1. The lowest BCUT2D eigenvalue weighted by atomic mass is 10.2. The smallest absolute Gasteiger partial charge is 0.305 e. The molecule has 5 heteroatoms. The van der Waals surface area contributed by atoms with Gasteiger partial charge >= 0.3 is 5.97 Å². The number of thiazole rings is 1. The van der Waals surface area contributed by atoms with Crippen LogP contribution in [0.25, 0.3) is 20.8 Å². The molecule has 22 heavy (non-hydrogen) atoms. The molecule has 0 aliphatic rings. The number of benzene rings is 2. The summed E-state index contributed by atoms with van der Waals surface area (Å²) in [6.07, 6.45) is 0.110. The lowest BCUT2D eigenvalue weighted by molar-refractivity contribution is -0.136. The second-order valence-corrected chi connectivity index (χ2v) is 6.17. The monoisotopic (exact) mass is 312 g/mol. The largest absolute Gasteiger partial charge is 0.481 e. The summed E-state index contributed by atoms with van der Waals surface area (Å²) in [7, 11) is 0. The maximum Gasteiger partial charge on any atom is 0.305 e. The zero-order valence-corrected chi connectivity index (χ0v) is 13.0. The Labute approximate surface area is 132 Å². The molecule has 3 rings (SSSR count). The molecule has 0 unspecified atom stereocenters. The first kappa shape index (κ1) is 14.5. The van der Waals surface area contributed by atoms with Gasteiger partial charge < -0.3 is 10.4 Å². The van der Waals surface area contributed by atoms with E-state index in [2.05, 4.69) is 29.4 Å². The van der Waals surface area contributed by atoms with Crippen molar-refractivity contribution in [1.29, 1.82) is 0 Å². The molecule has 4 nitrogen and oxygen atoms in total. The Morgan fingerprint density at radius 3 is 2.73 bits per heavy atom. The highest BCUT2D eigenvalue weighted by Crippen LogP contribution is 2.31. The molecular formula is C17H16N2O2S. The Morgan fingerprint density at radius 1 is 1.23 bits per heavy atom. The average Bonchev–Trinajstić information content (AvgIpc) is 2.90. The number of aliphatic carboxylic acids is 1. The highest BCUT2D eigenvalue weighted by atomic mass is 32.1. The van der Waals surface area contributed by atoms with Crippen LogP contribution in [0.1, 0.15) is 12.0 Å². The standard InChI is InChI=1S/C17H16N2O2S/c1-11-2-7-14-15(10-11)22-17(19-14)12-3-5-13(6-4-12)18-9-8-16(20)21/h2-7,10,18H,8-9H2,1H3,(H,20,21). The van der Waals surface area contributed by atoms with Crippen LogP contribution in [0.2, 0.25) is 0 Å². The minimum Gasteiger partial charge on any atom is -0.481 e. The first-order valence-corrected chi connectivity index (χ1v) is 7.87. The van der Waals surface area contributed by atoms with Gasteiger partial charge in [0.1, 0.15) is 5.01 Å². The molecule has 3 aromatic rings. The Morgan fingerprint density at radius 2 is 2.00 bits per heavy atom. The quantitative estimate of drug-likeness (QED) is 0.742. The second kappa shape index (κ2) is 6.15. The lowest BCUT2D eigenvalue weighted by Gasteiger charge is -2.05. The van der Waals surface area contributed by atoms with E-state index in [1.165, 1.54) is 10.3 Å². The molecule has 0 saturated heterocycles. The van der Waals surface area contributed by atoms with E-state index in [4.69, 9.17) is 5.11 Å². The van der Waals surface area contributed by atoms with Gasteiger partial charge in [0.25, 0.3) is 0 Å². The van der Waals surface area contributed by atoms with E-state index < -0.39 is 5.97 Å². The third kappa shape index (κ3) is 3.26. The maximum absolute atomic E-state index is 10.5. The van der Waals surface area contributed by atoms with Crippen LogP contribution in [0, 0.1) is 6.92 Å². The van der Waals surface area contributed by atoms with E-state index in [9.17, 15) is 4.79 Å². The predicted octanol–water partition coefficient (Wildman–Crippen LogP) is 4.16. The van der Waals surface area contributed by atoms with Gasteiger partial charge in [-0.3, -0.25) is 4.79 Å². The fourth-order valence-corrected chi connectivity index (χ4v) is 3.27. The van der Waals surface area contributed by atoms with Crippen LogP contribution in [0.15, 0.2) is 42.5 Å². The van der Waals surface area contributed by atoms with Crippen LogP contribution in [0.4, 0.5) is 5.69 Å². The zero-order chi connectivity index (χ0) is 15.5. The summed E-state index contributed by atoms with van der Waals surface area (Å²) in [5.74, 6) is -0.797. The van der Waals surface area contributed by atoms with Crippen molar-refractivity contribution in [1.82, 2.24) is 4.98 Å². The van der Waals surface area contributed by atoms with Crippen LogP contribution in [-0.2, 0) is 4.79 Å². The van der Waals surface area contributed by atoms with Gasteiger partial charge in [0, 0.05) is 17.8 Å². The van der Waals surface area contributed by atoms with E-state index in [1.807, 2.05) is 30.3 Å². The number of aromatic nitrogens is 1. The number of carboxylic acids is 1. The highest BCUT2D eigenvalue weighted by Gasteiger charge is 2.06. The molecule has 0 atom stereocenters. The van der Waals surface area contributed by atoms with Crippen LogP contribution in [0.3, 0.4) is 0 Å². The third-order valence-electron chi connectivity index (χ3n) is 3.34. The lowest BCUT2D eigenvalue weighted by Crippen LogP contribution is -2.07. The van der Waals surface area contributed by atoms with E-state index in [0.29, 0.717) is 6.54 Å². The molecule has 0 radical (unpaired) electrons. The van der Waals surface area contributed by atoms with Crippen LogP contribution < -0.4 is 5.32 Å². The van der Waals surface area contributed by atoms with Crippen LogP contribution >= 0.6 is 11.3 Å². The van der Waals surface area contributed by atoms with Crippen molar-refractivity contribution in [3.8, 4) is 10.6 Å². The minimum absolute atomic E-state index is 0.110. The molecule has 1 aromatic heterocycles.